The number of halogens is 1. The standard InChI is InChI=1S/C28H32N3O4.BrH/c32-28(26-12-14-27(15-13-26)30(33)34)29(22-24-8-3-1-4-9-24)16-7-17-31(18-20-35-21-19-31)23-25-10-5-2-6-11-25;/h1-6,8-15H,7,16-23H2;1H/q+1;/p-1. The van der Waals surface area contributed by atoms with E-state index >= 15 is 0 Å². The van der Waals surface area contributed by atoms with E-state index < -0.39 is 4.92 Å². The van der Waals surface area contributed by atoms with Crippen LogP contribution in [0.2, 0.25) is 0 Å². The lowest BCUT2D eigenvalue weighted by molar-refractivity contribution is -0.947. The summed E-state index contributed by atoms with van der Waals surface area (Å²) in [5, 5.41) is 11.0. The number of rotatable bonds is 10. The van der Waals surface area contributed by atoms with Gasteiger partial charge in [0.2, 0.25) is 0 Å². The van der Waals surface area contributed by atoms with Gasteiger partial charge in [-0.2, -0.15) is 0 Å². The van der Waals surface area contributed by atoms with E-state index in [4.69, 9.17) is 4.74 Å². The SMILES string of the molecule is O=C(c1ccc([N+](=O)[O-])cc1)N(CCC[N+]1(Cc2ccccc2)CCOCC1)Cc1ccccc1.[Br-]. The van der Waals surface area contributed by atoms with Crippen LogP contribution in [-0.2, 0) is 17.8 Å². The molecule has 190 valence electrons. The molecule has 0 radical (unpaired) electrons. The molecule has 0 atom stereocenters. The number of hydrogen-bond acceptors (Lipinski definition) is 4. The second-order valence-electron chi connectivity index (χ2n) is 9.14. The first-order valence-electron chi connectivity index (χ1n) is 12.1. The maximum atomic E-state index is 13.4. The summed E-state index contributed by atoms with van der Waals surface area (Å²) in [6, 6.07) is 26.4. The molecule has 8 heteroatoms. The molecule has 4 rings (SSSR count). The van der Waals surface area contributed by atoms with E-state index in [2.05, 4.69) is 24.3 Å². The zero-order valence-corrected chi connectivity index (χ0v) is 21.9. The summed E-state index contributed by atoms with van der Waals surface area (Å²) in [4.78, 5) is 25.8. The van der Waals surface area contributed by atoms with Gasteiger partial charge in [-0.15, -0.1) is 0 Å². The highest BCUT2D eigenvalue weighted by Crippen LogP contribution is 2.20. The minimum Gasteiger partial charge on any atom is -1.00 e. The van der Waals surface area contributed by atoms with Crippen molar-refractivity contribution >= 4 is 11.6 Å². The maximum absolute atomic E-state index is 13.4. The first-order valence-corrected chi connectivity index (χ1v) is 12.1. The first-order chi connectivity index (χ1) is 17.0. The van der Waals surface area contributed by atoms with Crippen molar-refractivity contribution in [2.45, 2.75) is 19.5 Å². The topological polar surface area (TPSA) is 72.7 Å². The Labute approximate surface area is 222 Å². The van der Waals surface area contributed by atoms with Crippen LogP contribution in [0.1, 0.15) is 27.9 Å². The number of carbonyl (C=O) groups excluding carboxylic acids is 1. The van der Waals surface area contributed by atoms with E-state index in [1.54, 1.807) is 12.1 Å². The molecule has 0 aliphatic carbocycles. The number of nitro benzene ring substituents is 1. The minimum absolute atomic E-state index is 0. The molecule has 0 spiro atoms. The summed E-state index contributed by atoms with van der Waals surface area (Å²) in [7, 11) is 0. The number of morpholine rings is 1. The van der Waals surface area contributed by atoms with Crippen LogP contribution >= 0.6 is 0 Å². The van der Waals surface area contributed by atoms with Crippen molar-refractivity contribution in [3.8, 4) is 0 Å². The molecule has 3 aromatic carbocycles. The first kappa shape index (κ1) is 27.5. The van der Waals surface area contributed by atoms with Crippen molar-refractivity contribution in [2.75, 3.05) is 39.4 Å². The van der Waals surface area contributed by atoms with E-state index in [1.165, 1.54) is 17.7 Å². The second-order valence-corrected chi connectivity index (χ2v) is 9.14. The van der Waals surface area contributed by atoms with Gasteiger partial charge in [0.25, 0.3) is 11.6 Å². The lowest BCUT2D eigenvalue weighted by Crippen LogP contribution is -3.00. The van der Waals surface area contributed by atoms with E-state index in [0.29, 0.717) is 18.7 Å². The monoisotopic (exact) mass is 553 g/mol. The molecule has 0 unspecified atom stereocenters. The summed E-state index contributed by atoms with van der Waals surface area (Å²) in [6.07, 6.45) is 0.860. The van der Waals surface area contributed by atoms with Crippen molar-refractivity contribution < 1.29 is 35.9 Å². The molecule has 0 aromatic heterocycles. The summed E-state index contributed by atoms with van der Waals surface area (Å²) < 4.78 is 6.62. The predicted molar refractivity (Wildman–Crippen MR) is 135 cm³/mol. The van der Waals surface area contributed by atoms with Crippen LogP contribution in [0.25, 0.3) is 0 Å². The van der Waals surface area contributed by atoms with Crippen LogP contribution in [0, 0.1) is 10.1 Å². The zero-order chi connectivity index (χ0) is 24.5. The lowest BCUT2D eigenvalue weighted by Gasteiger charge is -2.42. The Bertz CT molecular complexity index is 1100. The summed E-state index contributed by atoms with van der Waals surface area (Å²) in [5.41, 5.74) is 2.82. The second kappa shape index (κ2) is 13.3. The lowest BCUT2D eigenvalue weighted by atomic mass is 10.1. The van der Waals surface area contributed by atoms with Gasteiger partial charge in [0.05, 0.1) is 24.7 Å². The van der Waals surface area contributed by atoms with Crippen molar-refractivity contribution in [3.63, 3.8) is 0 Å². The fourth-order valence-corrected chi connectivity index (χ4v) is 4.72. The summed E-state index contributed by atoms with van der Waals surface area (Å²) >= 11 is 0. The van der Waals surface area contributed by atoms with E-state index in [0.717, 1.165) is 55.9 Å². The van der Waals surface area contributed by atoms with Crippen LogP contribution in [0.15, 0.2) is 84.9 Å². The molecule has 0 bridgehead atoms. The number of nitrogens with zero attached hydrogens (tertiary/aromatic N) is 3. The molecule has 1 amide bonds. The van der Waals surface area contributed by atoms with Gasteiger partial charge in [-0.1, -0.05) is 60.7 Å². The third-order valence-electron chi connectivity index (χ3n) is 6.67. The number of quaternary nitrogens is 1. The third kappa shape index (κ3) is 7.46. The maximum Gasteiger partial charge on any atom is 0.269 e. The van der Waals surface area contributed by atoms with Crippen molar-refractivity contribution in [3.05, 3.63) is 112 Å². The van der Waals surface area contributed by atoms with Gasteiger partial charge in [0, 0.05) is 42.8 Å². The Morgan fingerprint density at radius 2 is 1.47 bits per heavy atom. The average molecular weight is 554 g/mol. The molecule has 1 aliphatic heterocycles. The van der Waals surface area contributed by atoms with Crippen LogP contribution in [-0.4, -0.2) is 59.6 Å². The number of ether oxygens (including phenoxy) is 1. The van der Waals surface area contributed by atoms with Crippen LogP contribution in [0.5, 0.6) is 0 Å². The summed E-state index contributed by atoms with van der Waals surface area (Å²) in [5.74, 6) is -0.111. The minimum atomic E-state index is -0.450. The number of amides is 1. The molecule has 0 N–H and O–H groups in total. The highest BCUT2D eigenvalue weighted by Gasteiger charge is 2.31. The quantitative estimate of drug-likeness (QED) is 0.217. The summed E-state index contributed by atoms with van der Waals surface area (Å²) in [6.45, 7) is 6.45. The van der Waals surface area contributed by atoms with E-state index in [-0.39, 0.29) is 28.6 Å². The fourth-order valence-electron chi connectivity index (χ4n) is 4.72. The molecule has 1 fully saturated rings. The highest BCUT2D eigenvalue weighted by molar-refractivity contribution is 5.94. The molecule has 1 saturated heterocycles. The van der Waals surface area contributed by atoms with Crippen LogP contribution in [0.3, 0.4) is 0 Å². The highest BCUT2D eigenvalue weighted by atomic mass is 79.9. The molecule has 36 heavy (non-hydrogen) atoms. The zero-order valence-electron chi connectivity index (χ0n) is 20.3. The van der Waals surface area contributed by atoms with Gasteiger partial charge in [-0.25, -0.2) is 0 Å². The van der Waals surface area contributed by atoms with Gasteiger partial charge >= 0.3 is 0 Å². The van der Waals surface area contributed by atoms with E-state index in [9.17, 15) is 14.9 Å². The van der Waals surface area contributed by atoms with Gasteiger partial charge in [-0.3, -0.25) is 14.9 Å². The normalized spacial score (nSPS) is 14.4. The van der Waals surface area contributed by atoms with Crippen molar-refractivity contribution in [1.82, 2.24) is 4.90 Å². The average Bonchev–Trinajstić information content (AvgIpc) is 2.89. The molecular formula is C28H32BrN3O4. The molecule has 1 heterocycles. The van der Waals surface area contributed by atoms with E-state index in [1.807, 2.05) is 41.3 Å². The van der Waals surface area contributed by atoms with Crippen LogP contribution in [0.4, 0.5) is 5.69 Å². The largest absolute Gasteiger partial charge is 1.00 e. The van der Waals surface area contributed by atoms with Gasteiger partial charge < -0.3 is 31.1 Å². The molecule has 7 nitrogen and oxygen atoms in total. The molecule has 1 aliphatic rings. The molecule has 3 aromatic rings. The number of benzene rings is 3. The smallest absolute Gasteiger partial charge is 0.269 e. The van der Waals surface area contributed by atoms with Gasteiger partial charge in [0.15, 0.2) is 0 Å². The molecular weight excluding hydrogens is 522 g/mol. The molecule has 0 saturated carbocycles. The third-order valence-corrected chi connectivity index (χ3v) is 6.67. The number of carbonyl (C=O) groups is 1. The Hall–Kier alpha value is -3.07. The Morgan fingerprint density at radius 1 is 0.889 bits per heavy atom. The fraction of sp³-hybridized carbons (Fsp3) is 0.321. The Balaban J connectivity index is 0.00000361. The Morgan fingerprint density at radius 3 is 2.06 bits per heavy atom. The number of hydrogen-bond donors (Lipinski definition) is 0. The number of nitro groups is 1. The van der Waals surface area contributed by atoms with Crippen molar-refractivity contribution in [2.24, 2.45) is 0 Å². The Kier molecular flexibility index (Phi) is 10.2. The predicted octanol–water partition coefficient (Wildman–Crippen LogP) is 1.68. The van der Waals surface area contributed by atoms with Gasteiger partial charge in [-0.05, 0) is 17.7 Å². The van der Waals surface area contributed by atoms with Crippen molar-refractivity contribution in [1.29, 1.82) is 0 Å². The van der Waals surface area contributed by atoms with Crippen LogP contribution < -0.4 is 17.0 Å². The number of non-ortho nitro benzene ring substituents is 1. The van der Waals surface area contributed by atoms with Gasteiger partial charge in [0.1, 0.15) is 19.6 Å².